The van der Waals surface area contributed by atoms with Crippen molar-refractivity contribution in [3.63, 3.8) is 0 Å². The van der Waals surface area contributed by atoms with E-state index >= 15 is 0 Å². The molecule has 0 bridgehead atoms. The summed E-state index contributed by atoms with van der Waals surface area (Å²) in [5.41, 5.74) is 0. The van der Waals surface area contributed by atoms with Gasteiger partial charge in [0.05, 0.1) is 27.7 Å². The third kappa shape index (κ3) is 79.1. The summed E-state index contributed by atoms with van der Waals surface area (Å²) in [5, 5.41) is 0. The Kier molecular flexibility index (Phi) is 70.7. The molecule has 0 N–H and O–H groups in total. The minimum Gasteiger partial charge on any atom is -0.756 e. The smallest absolute Gasteiger partial charge is 0.306 e. The van der Waals surface area contributed by atoms with Gasteiger partial charge >= 0.3 is 11.9 Å². The Balaban J connectivity index is 4.16. The number of unbranched alkanes of at least 4 members (excludes halogenated alkanes) is 15. The molecule has 0 radical (unpaired) electrons. The third-order valence-electron chi connectivity index (χ3n) is 15.2. The van der Waals surface area contributed by atoms with Crippen LogP contribution in [0.4, 0.5) is 0 Å². The molecule has 9 nitrogen and oxygen atoms in total. The van der Waals surface area contributed by atoms with Gasteiger partial charge in [-0.2, -0.15) is 0 Å². The number of ether oxygens (including phenoxy) is 2. The van der Waals surface area contributed by atoms with Crippen LogP contribution in [-0.4, -0.2) is 70.0 Å². The highest BCUT2D eigenvalue weighted by Crippen LogP contribution is 2.38. The van der Waals surface area contributed by atoms with E-state index in [0.29, 0.717) is 23.9 Å². The zero-order valence-electron chi connectivity index (χ0n) is 62.4. The first-order valence-corrected chi connectivity index (χ1v) is 39.6. The summed E-state index contributed by atoms with van der Waals surface area (Å²) >= 11 is 0. The van der Waals surface area contributed by atoms with Crippen molar-refractivity contribution < 1.29 is 42.1 Å². The van der Waals surface area contributed by atoms with Crippen molar-refractivity contribution in [1.82, 2.24) is 0 Å². The molecule has 0 aliphatic heterocycles. The average molecular weight is 1370 g/mol. The lowest BCUT2D eigenvalue weighted by Crippen LogP contribution is -2.37. The maximum atomic E-state index is 12.9. The van der Waals surface area contributed by atoms with E-state index in [-0.39, 0.29) is 26.1 Å². The number of quaternary nitrogens is 1. The highest BCUT2D eigenvalue weighted by Gasteiger charge is 2.22. The summed E-state index contributed by atoms with van der Waals surface area (Å²) in [5.74, 6) is -0.877. The van der Waals surface area contributed by atoms with E-state index in [2.05, 4.69) is 245 Å². The topological polar surface area (TPSA) is 111 Å². The number of carbonyl (C=O) groups is 2. The van der Waals surface area contributed by atoms with Crippen LogP contribution in [0.1, 0.15) is 258 Å². The van der Waals surface area contributed by atoms with E-state index in [1.807, 2.05) is 21.1 Å². The predicted molar refractivity (Wildman–Crippen MR) is 424 cm³/mol. The Hall–Kier alpha value is -5.93. The molecule has 0 heterocycles. The Labute approximate surface area is 600 Å². The summed E-state index contributed by atoms with van der Waals surface area (Å²) in [6, 6.07) is 0. The monoisotopic (exact) mass is 1370 g/mol. The molecule has 0 amide bonds. The number of esters is 2. The second kappa shape index (κ2) is 75.3. The van der Waals surface area contributed by atoms with Gasteiger partial charge in [-0.05, 0) is 161 Å². The minimum atomic E-state index is -4.67. The number of nitrogens with zero attached hydrogens (tertiary/aromatic N) is 1. The molecule has 0 aliphatic rings. The molecule has 0 aliphatic carbocycles. The van der Waals surface area contributed by atoms with E-state index in [0.717, 1.165) is 180 Å². The first-order valence-electron chi connectivity index (χ1n) is 38.1. The van der Waals surface area contributed by atoms with E-state index in [1.54, 1.807) is 0 Å². The molecule has 0 saturated heterocycles. The van der Waals surface area contributed by atoms with Gasteiger partial charge in [0.1, 0.15) is 19.8 Å². The van der Waals surface area contributed by atoms with Crippen molar-refractivity contribution >= 4 is 19.8 Å². The van der Waals surface area contributed by atoms with Gasteiger partial charge in [0.25, 0.3) is 7.82 Å². The zero-order chi connectivity index (χ0) is 71.1. The van der Waals surface area contributed by atoms with Gasteiger partial charge in [0, 0.05) is 12.8 Å². The van der Waals surface area contributed by atoms with Crippen LogP contribution in [0.3, 0.4) is 0 Å². The maximum absolute atomic E-state index is 12.9. The summed E-state index contributed by atoms with van der Waals surface area (Å²) in [6.45, 7) is 3.96. The largest absolute Gasteiger partial charge is 0.756 e. The number of likely N-dealkylation sites (N-methyl/N-ethyl adjacent to an activating group) is 1. The van der Waals surface area contributed by atoms with Gasteiger partial charge in [0.15, 0.2) is 6.10 Å². The van der Waals surface area contributed by atoms with Crippen LogP contribution >= 0.6 is 7.82 Å². The van der Waals surface area contributed by atoms with Gasteiger partial charge < -0.3 is 27.9 Å². The second-order valence-electron chi connectivity index (χ2n) is 25.5. The number of hydrogen-bond donors (Lipinski definition) is 0. The fraction of sp³-hybridized carbons (Fsp3) is 0.545. The number of phosphoric acid groups is 1. The molecule has 0 aromatic rings. The first kappa shape index (κ1) is 92.1. The molecule has 0 spiro atoms. The fourth-order valence-corrected chi connectivity index (χ4v) is 10.2. The van der Waals surface area contributed by atoms with E-state index in [9.17, 15) is 19.0 Å². The van der Waals surface area contributed by atoms with Gasteiger partial charge in [-0.3, -0.25) is 14.2 Å². The Bertz CT molecular complexity index is 2510. The number of hydrogen-bond acceptors (Lipinski definition) is 8. The predicted octanol–water partition coefficient (Wildman–Crippen LogP) is 25.1. The highest BCUT2D eigenvalue weighted by molar-refractivity contribution is 7.45. The van der Waals surface area contributed by atoms with Crippen LogP contribution in [0.5, 0.6) is 0 Å². The van der Waals surface area contributed by atoms with Crippen molar-refractivity contribution in [2.24, 2.45) is 0 Å². The van der Waals surface area contributed by atoms with Crippen LogP contribution in [0.25, 0.3) is 0 Å². The van der Waals surface area contributed by atoms with E-state index in [4.69, 9.17) is 18.5 Å². The molecule has 0 rings (SSSR count). The normalized spacial score (nSPS) is 14.4. The first-order chi connectivity index (χ1) is 48.0. The summed E-state index contributed by atoms with van der Waals surface area (Å²) in [4.78, 5) is 38.1. The van der Waals surface area contributed by atoms with Crippen molar-refractivity contribution in [3.05, 3.63) is 231 Å². The number of carbonyl (C=O) groups excluding carboxylic acids is 2. The quantitative estimate of drug-likeness (QED) is 0.0195. The van der Waals surface area contributed by atoms with Crippen LogP contribution in [0, 0.1) is 0 Å². The van der Waals surface area contributed by atoms with Crippen molar-refractivity contribution in [1.29, 1.82) is 0 Å². The lowest BCUT2D eigenvalue weighted by Gasteiger charge is -2.28. The molecular formula is C88H138NO8P. The SMILES string of the molecule is CC/C=C\C/C=C\C/C=C\C/C=C\C/C=C\C/C=C\C/C=C\C/C=C\C/C=C\C/C=C\CCCCCCCCCCCCC(=O)OC(COC(=O)CCCCCCC/C=C\C/C=C\C/C=C\C/C=C\C/C=C\C/C=C\C/C=C\C/C=C\C/C=C\CC)COP(=O)([O-])OCC[N+](C)(C)C. The molecule has 2 atom stereocenters. The van der Waals surface area contributed by atoms with Crippen molar-refractivity contribution in [2.75, 3.05) is 47.5 Å². The fourth-order valence-electron chi connectivity index (χ4n) is 9.44. The van der Waals surface area contributed by atoms with Crippen molar-refractivity contribution in [2.45, 2.75) is 264 Å². The van der Waals surface area contributed by atoms with Crippen LogP contribution in [0.2, 0.25) is 0 Å². The molecule has 98 heavy (non-hydrogen) atoms. The van der Waals surface area contributed by atoms with E-state index in [1.165, 1.54) is 38.5 Å². The Morgan fingerprint density at radius 3 is 0.816 bits per heavy atom. The molecule has 10 heteroatoms. The molecule has 0 aromatic heterocycles. The van der Waals surface area contributed by atoms with Crippen LogP contribution in [0.15, 0.2) is 231 Å². The number of phosphoric ester groups is 1. The maximum Gasteiger partial charge on any atom is 0.306 e. The lowest BCUT2D eigenvalue weighted by atomic mass is 10.0. The highest BCUT2D eigenvalue weighted by atomic mass is 31.2. The minimum absolute atomic E-state index is 0.0476. The standard InChI is InChI=1S/C88H138NO8P/c1-6-8-10-12-14-16-18-20-22-24-26-28-30-32-34-36-38-40-41-42-43-44-45-46-47-49-51-53-55-57-59-61-63-65-67-69-71-73-75-77-79-81-88(91)97-86(85-96-98(92,93)95-83-82-89(3,4)5)84-94-87(90)80-78-76-74-72-70-68-66-64-62-60-58-56-54-52-50-48-39-37-35-33-31-29-27-25-23-21-19-17-15-13-11-9-7-2/h8-11,14-17,20-23,26-29,32-35,38-40,42-43,45-46,48-49,51-52,54-55,57-58,60,64,66,86H,6-7,12-13,18-19,24-25,30-31,36-37,41,44,47,50,53,56,59,61-63,65,67-85H2,1-5H3/b10-8-,11-9-,16-14-,17-15-,22-20-,23-21-,28-26-,29-27-,34-32-,35-33-,40-38-,43-42-,46-45-,48-39-,51-49-,54-52-,57-55-,60-58-,66-64-. The van der Waals surface area contributed by atoms with Gasteiger partial charge in [0.2, 0.25) is 0 Å². The molecule has 548 valence electrons. The zero-order valence-corrected chi connectivity index (χ0v) is 63.3. The molecule has 2 unspecified atom stereocenters. The average Bonchev–Trinajstić information content (AvgIpc) is 1.08. The third-order valence-corrected chi connectivity index (χ3v) is 16.1. The summed E-state index contributed by atoms with van der Waals surface area (Å²) in [6.07, 6.45) is 121. The van der Waals surface area contributed by atoms with Gasteiger partial charge in [-0.15, -0.1) is 0 Å². The molecular weight excluding hydrogens is 1230 g/mol. The lowest BCUT2D eigenvalue weighted by molar-refractivity contribution is -0.870. The van der Waals surface area contributed by atoms with E-state index < -0.39 is 32.5 Å². The number of rotatable bonds is 67. The molecule has 0 saturated carbocycles. The van der Waals surface area contributed by atoms with Gasteiger partial charge in [-0.25, -0.2) is 0 Å². The molecule has 0 fully saturated rings. The summed E-state index contributed by atoms with van der Waals surface area (Å²) in [7, 11) is 1.12. The molecule has 0 aromatic carbocycles. The Morgan fingerprint density at radius 1 is 0.316 bits per heavy atom. The second-order valence-corrected chi connectivity index (χ2v) is 27.0. The van der Waals surface area contributed by atoms with Crippen molar-refractivity contribution in [3.8, 4) is 0 Å². The number of allylic oxidation sites excluding steroid dienone is 38. The Morgan fingerprint density at radius 2 is 0.551 bits per heavy atom. The van der Waals surface area contributed by atoms with Crippen LogP contribution < -0.4 is 4.89 Å². The van der Waals surface area contributed by atoms with Gasteiger partial charge in [-0.1, -0.05) is 315 Å². The summed E-state index contributed by atoms with van der Waals surface area (Å²) < 4.78 is 34.3. The van der Waals surface area contributed by atoms with Crippen LogP contribution in [-0.2, 0) is 32.7 Å².